The van der Waals surface area contributed by atoms with Crippen LogP contribution < -0.4 is 15.4 Å². The zero-order valence-corrected chi connectivity index (χ0v) is 19.2. The van der Waals surface area contributed by atoms with Crippen LogP contribution in [0.5, 0.6) is 5.75 Å². The molecule has 0 aliphatic rings. The lowest BCUT2D eigenvalue weighted by atomic mass is 9.79. The number of benzene rings is 1. The minimum atomic E-state index is 0. The summed E-state index contributed by atoms with van der Waals surface area (Å²) < 4.78 is 5.38. The van der Waals surface area contributed by atoms with Gasteiger partial charge in [-0.15, -0.1) is 24.0 Å². The SMILES string of the molecule is CCNC(=NCc1ccc(C)c(OC)c1)NCC(CC)(CC)CCO.I. The summed E-state index contributed by atoms with van der Waals surface area (Å²) in [5.41, 5.74) is 2.35. The monoisotopic (exact) mass is 477 g/mol. The molecule has 0 spiro atoms. The Labute approximate surface area is 176 Å². The lowest BCUT2D eigenvalue weighted by Crippen LogP contribution is -2.43. The summed E-state index contributed by atoms with van der Waals surface area (Å²) in [6.07, 6.45) is 2.87. The van der Waals surface area contributed by atoms with Gasteiger partial charge in [0.15, 0.2) is 5.96 Å². The number of hydrogen-bond acceptors (Lipinski definition) is 3. The quantitative estimate of drug-likeness (QED) is 0.272. The molecule has 0 saturated heterocycles. The molecule has 0 amide bonds. The van der Waals surface area contributed by atoms with E-state index < -0.39 is 0 Å². The molecule has 1 rings (SSSR count). The number of rotatable bonds is 10. The fraction of sp³-hybridized carbons (Fsp3) is 0.650. The highest BCUT2D eigenvalue weighted by molar-refractivity contribution is 14.0. The minimum Gasteiger partial charge on any atom is -0.496 e. The second kappa shape index (κ2) is 13.2. The van der Waals surface area contributed by atoms with Gasteiger partial charge in [-0.1, -0.05) is 26.0 Å². The smallest absolute Gasteiger partial charge is 0.191 e. The Hall–Kier alpha value is -1.02. The standard InChI is InChI=1S/C20H35N3O2.HI/c1-6-20(7-2,11-12-24)15-23-19(21-8-3)22-14-17-10-9-16(4)18(13-17)25-5;/h9-10,13,24H,6-8,11-12,14-15H2,1-5H3,(H2,21,22,23);1H. The predicted molar refractivity (Wildman–Crippen MR) is 121 cm³/mol. The number of aryl methyl sites for hydroxylation is 1. The summed E-state index contributed by atoms with van der Waals surface area (Å²) in [5, 5.41) is 16.1. The molecule has 0 atom stereocenters. The van der Waals surface area contributed by atoms with E-state index in [2.05, 4.69) is 43.5 Å². The highest BCUT2D eigenvalue weighted by atomic mass is 127. The molecule has 0 aliphatic carbocycles. The van der Waals surface area contributed by atoms with Gasteiger partial charge in [-0.2, -0.15) is 0 Å². The van der Waals surface area contributed by atoms with Gasteiger partial charge in [0.25, 0.3) is 0 Å². The van der Waals surface area contributed by atoms with Crippen LogP contribution in [0.15, 0.2) is 23.2 Å². The van der Waals surface area contributed by atoms with E-state index >= 15 is 0 Å². The molecule has 0 fully saturated rings. The molecule has 0 aliphatic heterocycles. The molecule has 1 aromatic carbocycles. The number of guanidine groups is 1. The maximum atomic E-state index is 9.37. The van der Waals surface area contributed by atoms with E-state index in [-0.39, 0.29) is 36.0 Å². The molecular weight excluding hydrogens is 441 g/mol. The molecule has 0 saturated carbocycles. The van der Waals surface area contributed by atoms with E-state index in [1.165, 1.54) is 0 Å². The number of aliphatic hydroxyl groups excluding tert-OH is 1. The Balaban J connectivity index is 0.00000625. The molecule has 0 aromatic heterocycles. The third-order valence-electron chi connectivity index (χ3n) is 5.01. The Morgan fingerprint density at radius 1 is 1.19 bits per heavy atom. The molecule has 26 heavy (non-hydrogen) atoms. The van der Waals surface area contributed by atoms with Crippen molar-refractivity contribution in [2.45, 2.75) is 53.5 Å². The van der Waals surface area contributed by atoms with Crippen molar-refractivity contribution in [1.82, 2.24) is 10.6 Å². The van der Waals surface area contributed by atoms with E-state index in [9.17, 15) is 5.11 Å². The van der Waals surface area contributed by atoms with Crippen molar-refractivity contribution in [3.05, 3.63) is 29.3 Å². The molecule has 5 nitrogen and oxygen atoms in total. The van der Waals surface area contributed by atoms with Crippen molar-refractivity contribution < 1.29 is 9.84 Å². The Kier molecular flexibility index (Phi) is 12.7. The number of ether oxygens (including phenoxy) is 1. The van der Waals surface area contributed by atoms with Gasteiger partial charge in [0, 0.05) is 19.7 Å². The van der Waals surface area contributed by atoms with E-state index in [0.717, 1.165) is 55.2 Å². The normalized spacial score (nSPS) is 11.7. The summed E-state index contributed by atoms with van der Waals surface area (Å²) in [6, 6.07) is 6.18. The number of nitrogens with zero attached hydrogens (tertiary/aromatic N) is 1. The van der Waals surface area contributed by atoms with Gasteiger partial charge < -0.3 is 20.5 Å². The fourth-order valence-corrected chi connectivity index (χ4v) is 2.93. The minimum absolute atomic E-state index is 0. The topological polar surface area (TPSA) is 65.9 Å². The predicted octanol–water partition coefficient (Wildman–Crippen LogP) is 3.87. The van der Waals surface area contributed by atoms with Crippen LogP contribution in [0.2, 0.25) is 0 Å². The first kappa shape index (κ1) is 25.0. The van der Waals surface area contributed by atoms with Crippen molar-refractivity contribution in [3.63, 3.8) is 0 Å². The van der Waals surface area contributed by atoms with Gasteiger partial charge >= 0.3 is 0 Å². The summed E-state index contributed by atoms with van der Waals surface area (Å²) in [4.78, 5) is 4.70. The highest BCUT2D eigenvalue weighted by Gasteiger charge is 2.25. The first-order chi connectivity index (χ1) is 12.0. The molecule has 0 bridgehead atoms. The van der Waals surface area contributed by atoms with Crippen LogP contribution in [-0.2, 0) is 6.54 Å². The summed E-state index contributed by atoms with van der Waals surface area (Å²) in [6.45, 7) is 10.9. The van der Waals surface area contributed by atoms with Gasteiger partial charge in [0.1, 0.15) is 5.75 Å². The number of aliphatic imine (C=N–C) groups is 1. The summed E-state index contributed by atoms with van der Waals surface area (Å²) in [5.74, 6) is 1.70. The maximum absolute atomic E-state index is 9.37. The van der Waals surface area contributed by atoms with Crippen molar-refractivity contribution in [3.8, 4) is 5.75 Å². The molecule has 3 N–H and O–H groups in total. The Morgan fingerprint density at radius 3 is 2.42 bits per heavy atom. The van der Waals surface area contributed by atoms with Crippen molar-refractivity contribution >= 4 is 29.9 Å². The number of methoxy groups -OCH3 is 1. The third-order valence-corrected chi connectivity index (χ3v) is 5.01. The average Bonchev–Trinajstić information content (AvgIpc) is 2.64. The Bertz CT molecular complexity index is 546. The van der Waals surface area contributed by atoms with Gasteiger partial charge in [0.2, 0.25) is 0 Å². The van der Waals surface area contributed by atoms with Gasteiger partial charge in [-0.3, -0.25) is 0 Å². The van der Waals surface area contributed by atoms with E-state index in [1.54, 1.807) is 7.11 Å². The van der Waals surface area contributed by atoms with Crippen molar-refractivity contribution in [1.29, 1.82) is 0 Å². The van der Waals surface area contributed by atoms with Crippen LogP contribution in [0.4, 0.5) is 0 Å². The molecule has 150 valence electrons. The van der Waals surface area contributed by atoms with E-state index in [0.29, 0.717) is 6.54 Å². The third kappa shape index (κ3) is 7.70. The first-order valence-corrected chi connectivity index (χ1v) is 9.30. The van der Waals surface area contributed by atoms with Gasteiger partial charge in [0.05, 0.1) is 13.7 Å². The molecule has 6 heteroatoms. The van der Waals surface area contributed by atoms with Crippen LogP contribution in [0.1, 0.15) is 51.2 Å². The lowest BCUT2D eigenvalue weighted by molar-refractivity contribution is 0.169. The zero-order chi connectivity index (χ0) is 18.7. The van der Waals surface area contributed by atoms with E-state index in [4.69, 9.17) is 9.73 Å². The highest BCUT2D eigenvalue weighted by Crippen LogP contribution is 2.29. The maximum Gasteiger partial charge on any atom is 0.191 e. The second-order valence-electron chi connectivity index (χ2n) is 6.53. The lowest BCUT2D eigenvalue weighted by Gasteiger charge is -2.32. The number of hydrogen-bond donors (Lipinski definition) is 3. The van der Waals surface area contributed by atoms with E-state index in [1.807, 2.05) is 13.0 Å². The number of halogens is 1. The van der Waals surface area contributed by atoms with Crippen LogP contribution in [0.25, 0.3) is 0 Å². The summed E-state index contributed by atoms with van der Waals surface area (Å²) >= 11 is 0. The molecule has 1 aromatic rings. The molecule has 0 heterocycles. The van der Waals surface area contributed by atoms with Gasteiger partial charge in [-0.25, -0.2) is 4.99 Å². The number of nitrogens with one attached hydrogen (secondary N) is 2. The molecule has 0 radical (unpaired) electrons. The van der Waals surface area contributed by atoms with Crippen LogP contribution in [0, 0.1) is 12.3 Å². The van der Waals surface area contributed by atoms with Crippen LogP contribution >= 0.6 is 24.0 Å². The van der Waals surface area contributed by atoms with Crippen LogP contribution in [-0.4, -0.2) is 37.9 Å². The zero-order valence-electron chi connectivity index (χ0n) is 16.9. The average molecular weight is 477 g/mol. The molecular formula is C20H36IN3O2. The Morgan fingerprint density at radius 2 is 1.88 bits per heavy atom. The number of aliphatic hydroxyl groups is 1. The molecule has 0 unspecified atom stereocenters. The fourth-order valence-electron chi connectivity index (χ4n) is 2.93. The van der Waals surface area contributed by atoms with Crippen LogP contribution in [0.3, 0.4) is 0 Å². The second-order valence-corrected chi connectivity index (χ2v) is 6.53. The first-order valence-electron chi connectivity index (χ1n) is 9.30. The largest absolute Gasteiger partial charge is 0.496 e. The van der Waals surface area contributed by atoms with Crippen molar-refractivity contribution in [2.24, 2.45) is 10.4 Å². The summed E-state index contributed by atoms with van der Waals surface area (Å²) in [7, 11) is 1.69. The van der Waals surface area contributed by atoms with Gasteiger partial charge in [-0.05, 0) is 55.7 Å². The van der Waals surface area contributed by atoms with Crippen molar-refractivity contribution in [2.75, 3.05) is 26.8 Å².